The van der Waals surface area contributed by atoms with Gasteiger partial charge in [0.25, 0.3) is 0 Å². The Bertz CT molecular complexity index is 921. The molecule has 5 rings (SSSR count). The number of ether oxygens (including phenoxy) is 2. The van der Waals surface area contributed by atoms with Gasteiger partial charge in [0, 0.05) is 24.7 Å². The van der Waals surface area contributed by atoms with Crippen LogP contribution >= 0.6 is 0 Å². The SMILES string of the molecule is c1nc(Nc2ccc3c(c2)OCCO3)c2nc3n(c2n1)CCCC3. The maximum absolute atomic E-state index is 5.64. The lowest BCUT2D eigenvalue weighted by Crippen LogP contribution is -2.15. The average Bonchev–Trinajstić information content (AvgIpc) is 3.02. The monoisotopic (exact) mass is 323 g/mol. The summed E-state index contributed by atoms with van der Waals surface area (Å²) in [4.78, 5) is 13.6. The van der Waals surface area contributed by atoms with E-state index in [1.54, 1.807) is 6.33 Å². The van der Waals surface area contributed by atoms with Crippen molar-refractivity contribution in [2.75, 3.05) is 18.5 Å². The molecule has 4 heterocycles. The van der Waals surface area contributed by atoms with Gasteiger partial charge in [0.15, 0.2) is 28.5 Å². The second kappa shape index (κ2) is 5.36. The normalized spacial score (nSPS) is 16.0. The minimum absolute atomic E-state index is 0.571. The van der Waals surface area contributed by atoms with E-state index < -0.39 is 0 Å². The van der Waals surface area contributed by atoms with Crippen molar-refractivity contribution in [3.05, 3.63) is 30.4 Å². The zero-order valence-electron chi connectivity index (χ0n) is 13.2. The van der Waals surface area contributed by atoms with Gasteiger partial charge in [-0.3, -0.25) is 0 Å². The summed E-state index contributed by atoms with van der Waals surface area (Å²) < 4.78 is 13.4. The molecule has 0 saturated carbocycles. The van der Waals surface area contributed by atoms with E-state index in [1.807, 2.05) is 18.2 Å². The Morgan fingerprint density at radius 3 is 2.92 bits per heavy atom. The summed E-state index contributed by atoms with van der Waals surface area (Å²) in [5, 5.41) is 3.34. The van der Waals surface area contributed by atoms with Crippen molar-refractivity contribution < 1.29 is 9.47 Å². The van der Waals surface area contributed by atoms with Crippen molar-refractivity contribution in [3.8, 4) is 11.5 Å². The number of fused-ring (bicyclic) bond motifs is 4. The van der Waals surface area contributed by atoms with E-state index in [4.69, 9.17) is 14.5 Å². The number of anilines is 2. The maximum Gasteiger partial charge on any atom is 0.165 e. The molecule has 7 heteroatoms. The topological polar surface area (TPSA) is 74.1 Å². The smallest absolute Gasteiger partial charge is 0.165 e. The predicted octanol–water partition coefficient (Wildman–Crippen LogP) is 2.68. The van der Waals surface area contributed by atoms with Crippen LogP contribution in [-0.4, -0.2) is 32.7 Å². The molecule has 0 atom stereocenters. The Morgan fingerprint density at radius 2 is 1.96 bits per heavy atom. The Morgan fingerprint density at radius 1 is 1.04 bits per heavy atom. The summed E-state index contributed by atoms with van der Waals surface area (Å²) in [5.74, 6) is 3.35. The number of nitrogens with zero attached hydrogens (tertiary/aromatic N) is 4. The highest BCUT2D eigenvalue weighted by Gasteiger charge is 2.19. The zero-order chi connectivity index (χ0) is 15.9. The van der Waals surface area contributed by atoms with Gasteiger partial charge in [-0.15, -0.1) is 0 Å². The second-order valence-electron chi connectivity index (χ2n) is 6.01. The number of imidazole rings is 1. The fourth-order valence-electron chi connectivity index (χ4n) is 3.31. The molecule has 122 valence electrons. The molecule has 7 nitrogen and oxygen atoms in total. The first-order valence-corrected chi connectivity index (χ1v) is 8.25. The number of hydrogen-bond acceptors (Lipinski definition) is 6. The standard InChI is InChI=1S/C17H17N5O2/c1-2-6-22-14(3-1)21-15-16(18-10-19-17(15)22)20-11-4-5-12-13(9-11)24-8-7-23-12/h4-5,9-10H,1-3,6-8H2,(H,18,19,20). The van der Waals surface area contributed by atoms with Crippen LogP contribution in [0.3, 0.4) is 0 Å². The van der Waals surface area contributed by atoms with Crippen molar-refractivity contribution >= 4 is 22.7 Å². The third-order valence-corrected chi connectivity index (χ3v) is 4.45. The molecule has 1 N–H and O–H groups in total. The fourth-order valence-corrected chi connectivity index (χ4v) is 3.31. The molecule has 0 saturated heterocycles. The summed E-state index contributed by atoms with van der Waals surface area (Å²) >= 11 is 0. The van der Waals surface area contributed by atoms with Gasteiger partial charge in [0.1, 0.15) is 25.4 Å². The van der Waals surface area contributed by atoms with Gasteiger partial charge in [-0.2, -0.15) is 0 Å². The third kappa shape index (κ3) is 2.16. The van der Waals surface area contributed by atoms with Crippen LogP contribution in [-0.2, 0) is 13.0 Å². The highest BCUT2D eigenvalue weighted by atomic mass is 16.6. The van der Waals surface area contributed by atoms with E-state index in [0.29, 0.717) is 13.2 Å². The molecule has 0 fully saturated rings. The quantitative estimate of drug-likeness (QED) is 0.781. The zero-order valence-corrected chi connectivity index (χ0v) is 13.2. The van der Waals surface area contributed by atoms with Crippen molar-refractivity contribution in [3.63, 3.8) is 0 Å². The Balaban J connectivity index is 1.54. The van der Waals surface area contributed by atoms with Gasteiger partial charge >= 0.3 is 0 Å². The Labute approximate surface area is 138 Å². The van der Waals surface area contributed by atoms with E-state index in [1.165, 1.54) is 12.8 Å². The van der Waals surface area contributed by atoms with Gasteiger partial charge < -0.3 is 19.4 Å². The van der Waals surface area contributed by atoms with E-state index in [-0.39, 0.29) is 0 Å². The molecule has 24 heavy (non-hydrogen) atoms. The van der Waals surface area contributed by atoms with Crippen LogP contribution in [0.2, 0.25) is 0 Å². The third-order valence-electron chi connectivity index (χ3n) is 4.45. The molecule has 0 radical (unpaired) electrons. The first kappa shape index (κ1) is 13.6. The predicted molar refractivity (Wildman–Crippen MR) is 89.0 cm³/mol. The van der Waals surface area contributed by atoms with E-state index in [9.17, 15) is 0 Å². The first-order chi connectivity index (χ1) is 11.9. The molecule has 0 unspecified atom stereocenters. The number of aryl methyl sites for hydroxylation is 2. The lowest BCUT2D eigenvalue weighted by molar-refractivity contribution is 0.171. The van der Waals surface area contributed by atoms with Crippen molar-refractivity contribution in [1.82, 2.24) is 19.5 Å². The molecule has 3 aromatic rings. The summed E-state index contributed by atoms with van der Waals surface area (Å²) in [7, 11) is 0. The van der Waals surface area contributed by atoms with Crippen LogP contribution in [0.25, 0.3) is 11.2 Å². The van der Waals surface area contributed by atoms with Crippen LogP contribution in [0.15, 0.2) is 24.5 Å². The lowest BCUT2D eigenvalue weighted by Gasteiger charge is -2.19. The summed E-state index contributed by atoms with van der Waals surface area (Å²) in [6.45, 7) is 2.14. The van der Waals surface area contributed by atoms with Gasteiger partial charge in [-0.05, 0) is 25.0 Å². The Kier molecular flexibility index (Phi) is 3.04. The molecular formula is C17H17N5O2. The molecule has 0 bridgehead atoms. The number of benzene rings is 1. The number of rotatable bonds is 2. The van der Waals surface area contributed by atoms with Gasteiger partial charge in [0.05, 0.1) is 0 Å². The van der Waals surface area contributed by atoms with Crippen LogP contribution in [0.4, 0.5) is 11.5 Å². The van der Waals surface area contributed by atoms with Crippen molar-refractivity contribution in [1.29, 1.82) is 0 Å². The van der Waals surface area contributed by atoms with Crippen LogP contribution in [0.1, 0.15) is 18.7 Å². The van der Waals surface area contributed by atoms with Gasteiger partial charge in [-0.1, -0.05) is 0 Å². The lowest BCUT2D eigenvalue weighted by atomic mass is 10.2. The summed E-state index contributed by atoms with van der Waals surface area (Å²) in [6, 6.07) is 5.79. The molecule has 0 spiro atoms. The van der Waals surface area contributed by atoms with Crippen molar-refractivity contribution in [2.24, 2.45) is 0 Å². The number of aromatic nitrogens is 4. The molecule has 2 aromatic heterocycles. The molecule has 2 aliphatic rings. The van der Waals surface area contributed by atoms with Crippen molar-refractivity contribution in [2.45, 2.75) is 25.8 Å². The molecule has 1 aromatic carbocycles. The van der Waals surface area contributed by atoms with Crippen LogP contribution in [0, 0.1) is 0 Å². The molecule has 0 amide bonds. The van der Waals surface area contributed by atoms with Crippen LogP contribution < -0.4 is 14.8 Å². The van der Waals surface area contributed by atoms with E-state index in [0.717, 1.165) is 53.0 Å². The van der Waals surface area contributed by atoms with E-state index in [2.05, 4.69) is 19.9 Å². The fraction of sp³-hybridized carbons (Fsp3) is 0.353. The van der Waals surface area contributed by atoms with Gasteiger partial charge in [-0.25, -0.2) is 15.0 Å². The maximum atomic E-state index is 5.64. The Hall–Kier alpha value is -2.83. The summed E-state index contributed by atoms with van der Waals surface area (Å²) in [6.07, 6.45) is 4.95. The molecular weight excluding hydrogens is 306 g/mol. The van der Waals surface area contributed by atoms with Crippen LogP contribution in [0.5, 0.6) is 11.5 Å². The number of hydrogen-bond donors (Lipinski definition) is 1. The van der Waals surface area contributed by atoms with E-state index >= 15 is 0 Å². The molecule has 2 aliphatic heterocycles. The summed E-state index contributed by atoms with van der Waals surface area (Å²) in [5.41, 5.74) is 2.62. The largest absolute Gasteiger partial charge is 0.486 e. The molecule has 0 aliphatic carbocycles. The minimum Gasteiger partial charge on any atom is -0.486 e. The highest BCUT2D eigenvalue weighted by Crippen LogP contribution is 2.34. The second-order valence-corrected chi connectivity index (χ2v) is 6.01. The van der Waals surface area contributed by atoms with Gasteiger partial charge in [0.2, 0.25) is 0 Å². The minimum atomic E-state index is 0.571. The highest BCUT2D eigenvalue weighted by molar-refractivity contribution is 5.85. The number of nitrogens with one attached hydrogen (secondary N) is 1. The first-order valence-electron chi connectivity index (χ1n) is 8.25. The average molecular weight is 323 g/mol.